The monoisotopic (exact) mass is 405 g/mol. The predicted octanol–water partition coefficient (Wildman–Crippen LogP) is -1.46. The highest BCUT2D eigenvalue weighted by Gasteiger charge is 2.38. The fraction of sp³-hybridized carbons (Fsp3) is 0.615. The van der Waals surface area contributed by atoms with Gasteiger partial charge in [0.2, 0.25) is 0 Å². The van der Waals surface area contributed by atoms with Crippen molar-refractivity contribution in [1.82, 2.24) is 19.5 Å². The summed E-state index contributed by atoms with van der Waals surface area (Å²) < 4.78 is 28.3. The lowest BCUT2D eigenvalue weighted by atomic mass is 10.2. The maximum absolute atomic E-state index is 11.8. The third kappa shape index (κ3) is 4.59. The molecule has 0 radical (unpaired) electrons. The van der Waals surface area contributed by atoms with Crippen LogP contribution in [0.2, 0.25) is 0 Å². The number of nitrogen functional groups attached to an aromatic ring is 1. The molecular formula is C13H20N5O8P. The summed E-state index contributed by atoms with van der Waals surface area (Å²) in [4.78, 5) is 21.6. The van der Waals surface area contributed by atoms with E-state index in [-0.39, 0.29) is 12.2 Å². The maximum Gasteiger partial charge on any atom is 0.472 e. The van der Waals surface area contributed by atoms with Crippen LogP contribution in [-0.4, -0.2) is 77.9 Å². The van der Waals surface area contributed by atoms with Gasteiger partial charge in [0.25, 0.3) is 0 Å². The van der Waals surface area contributed by atoms with Crippen molar-refractivity contribution >= 4 is 24.8 Å². The van der Waals surface area contributed by atoms with Gasteiger partial charge in [0, 0.05) is 6.42 Å². The summed E-state index contributed by atoms with van der Waals surface area (Å²) in [7, 11) is -4.48. The van der Waals surface area contributed by atoms with Crippen LogP contribution in [0.3, 0.4) is 0 Å². The van der Waals surface area contributed by atoms with Crippen molar-refractivity contribution in [2.75, 3.05) is 25.6 Å². The molecule has 2 aromatic rings. The van der Waals surface area contributed by atoms with E-state index >= 15 is 0 Å². The molecule has 3 rings (SSSR count). The number of nitrogens with two attached hydrogens (primary N) is 1. The van der Waals surface area contributed by atoms with E-state index in [0.717, 1.165) is 0 Å². The van der Waals surface area contributed by atoms with Gasteiger partial charge >= 0.3 is 7.82 Å². The number of phosphoric ester groups is 1. The predicted molar refractivity (Wildman–Crippen MR) is 89.1 cm³/mol. The van der Waals surface area contributed by atoms with Gasteiger partial charge in [-0.05, 0) is 0 Å². The van der Waals surface area contributed by atoms with Gasteiger partial charge in [-0.1, -0.05) is 0 Å². The molecule has 6 N–H and O–H groups in total. The second kappa shape index (κ2) is 8.12. The highest BCUT2D eigenvalue weighted by atomic mass is 31.2. The molecule has 1 aliphatic heterocycles. The van der Waals surface area contributed by atoms with Crippen LogP contribution in [0.1, 0.15) is 12.6 Å². The Balaban J connectivity index is 1.61. The number of aliphatic hydroxyl groups is 3. The molecule has 0 aliphatic carbocycles. The van der Waals surface area contributed by atoms with Gasteiger partial charge in [-0.2, -0.15) is 0 Å². The van der Waals surface area contributed by atoms with Crippen molar-refractivity contribution in [2.45, 2.75) is 31.0 Å². The van der Waals surface area contributed by atoms with Crippen LogP contribution >= 0.6 is 7.82 Å². The van der Waals surface area contributed by atoms with Crippen LogP contribution in [0, 0.1) is 0 Å². The molecule has 150 valence electrons. The first-order valence-corrected chi connectivity index (χ1v) is 9.47. The molecule has 0 saturated carbocycles. The Morgan fingerprint density at radius 1 is 1.41 bits per heavy atom. The first-order valence-electron chi connectivity index (χ1n) is 7.98. The number of aliphatic hydroxyl groups excluding tert-OH is 3. The standard InChI is InChI=1S/C13H20N5O8P/c14-12-11-13(16-5-15-12)18(6-17-11)10-1-8(21)9(26-10)4-25-27(22,23)24-3-7(20)2-19/h5-10,19-21H,1-4H2,(H,22,23)(H2,14,15,16)/t7?,8-,9-,10-/m1/s1. The number of aromatic nitrogens is 4. The Morgan fingerprint density at radius 3 is 2.93 bits per heavy atom. The van der Waals surface area contributed by atoms with Gasteiger partial charge in [0.1, 0.15) is 30.3 Å². The number of ether oxygens (including phenoxy) is 1. The molecule has 1 fully saturated rings. The van der Waals surface area contributed by atoms with Crippen molar-refractivity contribution < 1.29 is 38.6 Å². The summed E-state index contributed by atoms with van der Waals surface area (Å²) in [5.74, 6) is 0.209. The fourth-order valence-corrected chi connectivity index (χ4v) is 3.32. The molecule has 1 aliphatic rings. The molecule has 14 heteroatoms. The van der Waals surface area contributed by atoms with Crippen LogP contribution in [0.25, 0.3) is 11.2 Å². The number of fused-ring (bicyclic) bond motifs is 1. The second-order valence-corrected chi connectivity index (χ2v) is 7.37. The van der Waals surface area contributed by atoms with E-state index in [2.05, 4.69) is 19.5 Å². The minimum absolute atomic E-state index is 0.170. The largest absolute Gasteiger partial charge is 0.472 e. The Bertz CT molecular complexity index is 834. The zero-order valence-electron chi connectivity index (χ0n) is 14.0. The van der Waals surface area contributed by atoms with Gasteiger partial charge in [0.15, 0.2) is 11.5 Å². The van der Waals surface area contributed by atoms with Crippen molar-refractivity contribution in [1.29, 1.82) is 0 Å². The minimum Gasteiger partial charge on any atom is -0.394 e. The molecule has 2 unspecified atom stereocenters. The van der Waals surface area contributed by atoms with Crippen molar-refractivity contribution in [3.05, 3.63) is 12.7 Å². The summed E-state index contributed by atoms with van der Waals surface area (Å²) >= 11 is 0. The van der Waals surface area contributed by atoms with Gasteiger partial charge < -0.3 is 30.7 Å². The Morgan fingerprint density at radius 2 is 2.19 bits per heavy atom. The van der Waals surface area contributed by atoms with Crippen LogP contribution in [0.5, 0.6) is 0 Å². The summed E-state index contributed by atoms with van der Waals surface area (Å²) in [6.07, 6.45) is -0.926. The smallest absolute Gasteiger partial charge is 0.394 e. The van der Waals surface area contributed by atoms with Crippen LogP contribution in [0.15, 0.2) is 12.7 Å². The van der Waals surface area contributed by atoms with Gasteiger partial charge in [-0.25, -0.2) is 19.5 Å². The molecule has 27 heavy (non-hydrogen) atoms. The second-order valence-electron chi connectivity index (χ2n) is 5.91. The lowest BCUT2D eigenvalue weighted by molar-refractivity contribution is -0.0458. The molecule has 5 atom stereocenters. The maximum atomic E-state index is 11.8. The van der Waals surface area contributed by atoms with E-state index in [9.17, 15) is 14.6 Å². The molecular weight excluding hydrogens is 385 g/mol. The number of hydrogen-bond acceptors (Lipinski definition) is 11. The number of hydrogen-bond donors (Lipinski definition) is 5. The van der Waals surface area contributed by atoms with E-state index in [4.69, 9.17) is 25.2 Å². The van der Waals surface area contributed by atoms with E-state index in [1.54, 1.807) is 4.57 Å². The Labute approximate surface area is 153 Å². The number of anilines is 1. The topological polar surface area (TPSA) is 195 Å². The summed E-state index contributed by atoms with van der Waals surface area (Å²) in [6, 6.07) is 0. The zero-order chi connectivity index (χ0) is 19.6. The van der Waals surface area contributed by atoms with E-state index in [1.165, 1.54) is 12.7 Å². The van der Waals surface area contributed by atoms with Crippen molar-refractivity contribution in [3.63, 3.8) is 0 Å². The van der Waals surface area contributed by atoms with Crippen LogP contribution < -0.4 is 5.73 Å². The molecule has 0 amide bonds. The molecule has 3 heterocycles. The van der Waals surface area contributed by atoms with Crippen molar-refractivity contribution in [3.8, 4) is 0 Å². The molecule has 2 aromatic heterocycles. The lowest BCUT2D eigenvalue weighted by Gasteiger charge is -2.18. The Hall–Kier alpha value is -1.70. The third-order valence-corrected chi connectivity index (χ3v) is 4.89. The van der Waals surface area contributed by atoms with Gasteiger partial charge in [-0.15, -0.1) is 0 Å². The normalized spacial score (nSPS) is 26.3. The van der Waals surface area contributed by atoms with E-state index in [1.807, 2.05) is 0 Å². The van der Waals surface area contributed by atoms with Crippen LogP contribution in [-0.2, 0) is 18.3 Å². The lowest BCUT2D eigenvalue weighted by Crippen LogP contribution is -2.26. The van der Waals surface area contributed by atoms with Crippen LogP contribution in [0.4, 0.5) is 5.82 Å². The molecule has 0 bridgehead atoms. The SMILES string of the molecule is Nc1ncnc2c1ncn2[C@H]1C[C@@H](O)[C@@H](COP(=O)(O)OCC(O)CO)O1. The number of rotatable bonds is 8. The van der Waals surface area contributed by atoms with E-state index in [0.29, 0.717) is 11.2 Å². The summed E-state index contributed by atoms with van der Waals surface area (Å²) in [6.45, 7) is -1.63. The molecule has 1 saturated heterocycles. The van der Waals surface area contributed by atoms with E-state index < -0.39 is 52.2 Å². The average molecular weight is 405 g/mol. The molecule has 13 nitrogen and oxygen atoms in total. The number of phosphoric acid groups is 1. The first-order chi connectivity index (χ1) is 12.8. The summed E-state index contributed by atoms with van der Waals surface area (Å²) in [5, 5.41) is 28.0. The number of nitrogens with zero attached hydrogens (tertiary/aromatic N) is 4. The molecule has 0 aromatic carbocycles. The first kappa shape index (κ1) is 20.0. The fourth-order valence-electron chi connectivity index (χ4n) is 2.55. The van der Waals surface area contributed by atoms with Gasteiger partial charge in [-0.3, -0.25) is 13.6 Å². The average Bonchev–Trinajstić information content (AvgIpc) is 3.22. The summed E-state index contributed by atoms with van der Waals surface area (Å²) in [5.41, 5.74) is 6.56. The van der Waals surface area contributed by atoms with Crippen molar-refractivity contribution in [2.24, 2.45) is 0 Å². The Kier molecular flexibility index (Phi) is 6.03. The molecule has 0 spiro atoms. The zero-order valence-corrected chi connectivity index (χ0v) is 14.9. The van der Waals surface area contributed by atoms with Gasteiger partial charge in [0.05, 0.1) is 32.3 Å². The quantitative estimate of drug-likeness (QED) is 0.321. The highest BCUT2D eigenvalue weighted by Crippen LogP contribution is 2.44. The third-order valence-electron chi connectivity index (χ3n) is 3.94. The highest BCUT2D eigenvalue weighted by molar-refractivity contribution is 7.47. The number of imidazole rings is 1. The minimum atomic E-state index is -4.48.